The number of hydrogen-bond acceptors (Lipinski definition) is 5. The highest BCUT2D eigenvalue weighted by Gasteiger charge is 2.36. The summed E-state index contributed by atoms with van der Waals surface area (Å²) in [4.78, 5) is 29.1. The average molecular weight is 489 g/mol. The Bertz CT molecular complexity index is 1270. The van der Waals surface area contributed by atoms with E-state index in [9.17, 15) is 9.59 Å². The fourth-order valence-electron chi connectivity index (χ4n) is 4.51. The maximum atomic E-state index is 12.5. The van der Waals surface area contributed by atoms with Crippen molar-refractivity contribution >= 4 is 39.9 Å². The molecule has 1 saturated carbocycles. The van der Waals surface area contributed by atoms with E-state index in [-0.39, 0.29) is 23.8 Å². The van der Waals surface area contributed by atoms with Crippen molar-refractivity contribution < 1.29 is 9.59 Å². The zero-order valence-electron chi connectivity index (χ0n) is 20.6. The number of Topliss-reactive ketones (excluding diaryl/α,β-unsaturated/α-hetero) is 1. The van der Waals surface area contributed by atoms with Crippen LogP contribution in [0.5, 0.6) is 0 Å². The van der Waals surface area contributed by atoms with E-state index in [1.54, 1.807) is 6.92 Å². The van der Waals surface area contributed by atoms with E-state index in [0.29, 0.717) is 10.7 Å². The number of rotatable bonds is 10. The Morgan fingerprint density at radius 2 is 2.09 bits per heavy atom. The number of nitrogens with zero attached hydrogens (tertiary/aromatic N) is 2. The van der Waals surface area contributed by atoms with Gasteiger partial charge in [0.15, 0.2) is 10.9 Å². The molecular formula is C28H32N4O2S. The number of hydrogen-bond donors (Lipinski definition) is 2. The van der Waals surface area contributed by atoms with Crippen molar-refractivity contribution in [2.75, 3.05) is 11.9 Å². The number of benzene rings is 1. The Balaban J connectivity index is 1.35. The normalized spacial score (nSPS) is 14.5. The summed E-state index contributed by atoms with van der Waals surface area (Å²) in [6.07, 6.45) is 12.9. The number of allylic oxidation sites excluding steroid dienone is 1. The minimum Gasteiger partial charge on any atom is -0.376 e. The van der Waals surface area contributed by atoms with Crippen molar-refractivity contribution in [3.63, 3.8) is 0 Å². The molecule has 1 fully saturated rings. The summed E-state index contributed by atoms with van der Waals surface area (Å²) >= 11 is 1.35. The van der Waals surface area contributed by atoms with Crippen molar-refractivity contribution in [1.82, 2.24) is 14.9 Å². The van der Waals surface area contributed by atoms with Gasteiger partial charge in [-0.15, -0.1) is 11.3 Å². The van der Waals surface area contributed by atoms with E-state index in [0.717, 1.165) is 34.5 Å². The maximum Gasteiger partial charge on any atom is 0.245 e. The van der Waals surface area contributed by atoms with Gasteiger partial charge in [-0.3, -0.25) is 9.59 Å². The van der Waals surface area contributed by atoms with Crippen molar-refractivity contribution in [3.05, 3.63) is 71.4 Å². The summed E-state index contributed by atoms with van der Waals surface area (Å²) in [5.41, 5.74) is 5.06. The van der Waals surface area contributed by atoms with Gasteiger partial charge in [0.05, 0.1) is 12.2 Å². The van der Waals surface area contributed by atoms with E-state index in [2.05, 4.69) is 46.1 Å². The summed E-state index contributed by atoms with van der Waals surface area (Å²) in [6, 6.07) is 7.75. The Morgan fingerprint density at radius 1 is 1.29 bits per heavy atom. The highest BCUT2D eigenvalue weighted by Crippen LogP contribution is 2.42. The first-order valence-electron chi connectivity index (χ1n) is 12.0. The van der Waals surface area contributed by atoms with Gasteiger partial charge in [0.25, 0.3) is 0 Å². The van der Waals surface area contributed by atoms with Crippen LogP contribution in [0.25, 0.3) is 23.0 Å². The zero-order valence-corrected chi connectivity index (χ0v) is 21.4. The Labute approximate surface area is 210 Å². The quantitative estimate of drug-likeness (QED) is 0.327. The number of ketones is 1. The number of anilines is 1. The van der Waals surface area contributed by atoms with Crippen LogP contribution in [0.3, 0.4) is 0 Å². The van der Waals surface area contributed by atoms with E-state index >= 15 is 0 Å². The van der Waals surface area contributed by atoms with Crippen LogP contribution in [0.15, 0.2) is 54.7 Å². The molecule has 182 valence electrons. The molecule has 3 aromatic rings. The number of aromatic nitrogens is 2. The van der Waals surface area contributed by atoms with Crippen molar-refractivity contribution in [2.24, 2.45) is 0 Å². The molecule has 0 saturated heterocycles. The first-order valence-corrected chi connectivity index (χ1v) is 12.9. The number of carbonyl (C=O) groups is 2. The highest BCUT2D eigenvalue weighted by molar-refractivity contribution is 7.14. The fraction of sp³-hybridized carbons (Fsp3) is 0.321. The average Bonchev–Trinajstić information content (AvgIpc) is 3.48. The third kappa shape index (κ3) is 5.30. The Hall–Kier alpha value is -3.45. The van der Waals surface area contributed by atoms with Crippen molar-refractivity contribution in [3.8, 4) is 11.3 Å². The molecule has 0 atom stereocenters. The van der Waals surface area contributed by atoms with Crippen LogP contribution in [-0.4, -0.2) is 27.8 Å². The van der Waals surface area contributed by atoms with Gasteiger partial charge in [-0.05, 0) is 57.2 Å². The molecule has 1 aliphatic rings. The third-order valence-corrected chi connectivity index (χ3v) is 7.58. The van der Waals surface area contributed by atoms with E-state index in [1.807, 2.05) is 48.7 Å². The van der Waals surface area contributed by atoms with Gasteiger partial charge in [0, 0.05) is 45.7 Å². The number of amides is 1. The van der Waals surface area contributed by atoms with Crippen LogP contribution in [0.2, 0.25) is 0 Å². The maximum absolute atomic E-state index is 12.5. The van der Waals surface area contributed by atoms with Gasteiger partial charge in [0.2, 0.25) is 5.91 Å². The van der Waals surface area contributed by atoms with Crippen LogP contribution in [0.4, 0.5) is 5.13 Å². The van der Waals surface area contributed by atoms with Crippen LogP contribution in [-0.2, 0) is 10.3 Å². The van der Waals surface area contributed by atoms with Gasteiger partial charge >= 0.3 is 0 Å². The van der Waals surface area contributed by atoms with E-state index in [1.165, 1.54) is 30.6 Å². The predicted octanol–water partition coefficient (Wildman–Crippen LogP) is 6.34. The molecular weight excluding hydrogens is 456 g/mol. The summed E-state index contributed by atoms with van der Waals surface area (Å²) < 4.78 is 2.30. The SMILES string of the molecule is C=C(NCC(=O)Nc1nc(-c2ccc(/C=C\C)c(C(C)=O)c2)cs1)c1ccn(C2(CC)CCC2)c1. The topological polar surface area (TPSA) is 76.0 Å². The second-order valence-electron chi connectivity index (χ2n) is 9.02. The molecule has 7 heteroatoms. The lowest BCUT2D eigenvalue weighted by Crippen LogP contribution is -2.39. The number of carbonyl (C=O) groups excluding carboxylic acids is 2. The summed E-state index contributed by atoms with van der Waals surface area (Å²) in [5.74, 6) is -0.189. The van der Waals surface area contributed by atoms with Gasteiger partial charge < -0.3 is 15.2 Å². The van der Waals surface area contributed by atoms with Crippen LogP contribution < -0.4 is 10.6 Å². The molecule has 0 bridgehead atoms. The smallest absolute Gasteiger partial charge is 0.245 e. The van der Waals surface area contributed by atoms with Crippen LogP contribution >= 0.6 is 11.3 Å². The van der Waals surface area contributed by atoms with Gasteiger partial charge in [-0.2, -0.15) is 0 Å². The third-order valence-electron chi connectivity index (χ3n) is 6.82. The van der Waals surface area contributed by atoms with Crippen LogP contribution in [0, 0.1) is 0 Å². The minimum absolute atomic E-state index is 0.00269. The molecule has 2 aromatic heterocycles. The van der Waals surface area contributed by atoms with Crippen molar-refractivity contribution in [2.45, 2.75) is 52.0 Å². The van der Waals surface area contributed by atoms with E-state index in [4.69, 9.17) is 0 Å². The van der Waals surface area contributed by atoms with Crippen molar-refractivity contribution in [1.29, 1.82) is 0 Å². The van der Waals surface area contributed by atoms with Gasteiger partial charge in [0.1, 0.15) is 0 Å². The molecule has 1 aliphatic carbocycles. The lowest BCUT2D eigenvalue weighted by atomic mass is 9.74. The first kappa shape index (κ1) is 24.7. The van der Waals surface area contributed by atoms with Gasteiger partial charge in [-0.25, -0.2) is 4.98 Å². The Morgan fingerprint density at radius 3 is 2.74 bits per heavy atom. The molecule has 2 N–H and O–H groups in total. The molecule has 1 amide bonds. The summed E-state index contributed by atoms with van der Waals surface area (Å²) in [7, 11) is 0. The second-order valence-corrected chi connectivity index (χ2v) is 9.87. The Kier molecular flexibility index (Phi) is 7.36. The molecule has 0 spiro atoms. The monoisotopic (exact) mass is 488 g/mol. The molecule has 0 aliphatic heterocycles. The second kappa shape index (κ2) is 10.4. The predicted molar refractivity (Wildman–Crippen MR) is 144 cm³/mol. The minimum atomic E-state index is -0.191. The molecule has 0 radical (unpaired) electrons. The molecule has 6 nitrogen and oxygen atoms in total. The molecule has 35 heavy (non-hydrogen) atoms. The lowest BCUT2D eigenvalue weighted by molar-refractivity contribution is -0.115. The number of thiazole rings is 1. The zero-order chi connectivity index (χ0) is 25.0. The standard InChI is InChI=1S/C28H32N4O2S/c1-5-8-21-9-10-22(15-24(21)20(4)33)25-18-35-27(30-25)31-26(34)16-29-19(3)23-11-14-32(17-23)28(6-2)12-7-13-28/h5,8-11,14-15,17-18,29H,3,6-7,12-13,16H2,1-2,4H3,(H,30,31,34)/b8-5-. The number of nitrogens with one attached hydrogen (secondary N) is 2. The first-order chi connectivity index (χ1) is 16.8. The van der Waals surface area contributed by atoms with E-state index < -0.39 is 0 Å². The fourth-order valence-corrected chi connectivity index (χ4v) is 5.25. The molecule has 0 unspecified atom stereocenters. The lowest BCUT2D eigenvalue weighted by Gasteiger charge is -2.43. The van der Waals surface area contributed by atoms with Gasteiger partial charge in [-0.1, -0.05) is 37.8 Å². The van der Waals surface area contributed by atoms with Crippen LogP contribution in [0.1, 0.15) is 67.9 Å². The molecule has 2 heterocycles. The summed E-state index contributed by atoms with van der Waals surface area (Å²) in [6.45, 7) is 9.92. The highest BCUT2D eigenvalue weighted by atomic mass is 32.1. The molecule has 4 rings (SSSR count). The molecule has 1 aromatic carbocycles. The largest absolute Gasteiger partial charge is 0.376 e. The summed E-state index contributed by atoms with van der Waals surface area (Å²) in [5, 5.41) is 8.37.